The zero-order valence-corrected chi connectivity index (χ0v) is 11.4. The summed E-state index contributed by atoms with van der Waals surface area (Å²) in [5, 5.41) is 4.43. The molecule has 0 aromatic carbocycles. The Kier molecular flexibility index (Phi) is 2.94. The zero-order valence-electron chi connectivity index (χ0n) is 10.6. The first-order valence-electron chi connectivity index (χ1n) is 6.18. The van der Waals surface area contributed by atoms with Crippen molar-refractivity contribution in [3.63, 3.8) is 0 Å². The molecule has 1 saturated heterocycles. The molecule has 3 heterocycles. The van der Waals surface area contributed by atoms with Crippen molar-refractivity contribution < 1.29 is 8.42 Å². The van der Waals surface area contributed by atoms with Crippen LogP contribution in [-0.4, -0.2) is 48.1 Å². The van der Waals surface area contributed by atoms with Gasteiger partial charge in [0.2, 0.25) is 10.0 Å². The monoisotopic (exact) mass is 280 g/mol. The second-order valence-electron chi connectivity index (χ2n) is 4.85. The van der Waals surface area contributed by atoms with Crippen molar-refractivity contribution in [2.24, 2.45) is 0 Å². The second kappa shape index (κ2) is 4.50. The van der Waals surface area contributed by atoms with Gasteiger partial charge in [-0.1, -0.05) is 0 Å². The molecule has 0 unspecified atom stereocenters. The molecule has 2 aromatic heterocycles. The standard InChI is InChI=1S/C12H16N4O2S/c1-19(17,18)16-7-4-9(8-16)15-11-3-6-14-12-10(11)2-5-13-12/h2-3,5-6,9H,4,7-8H2,1H3,(H2,13,14,15)/t9-/m0/s1. The summed E-state index contributed by atoms with van der Waals surface area (Å²) in [6, 6.07) is 4.03. The van der Waals surface area contributed by atoms with Gasteiger partial charge in [-0.15, -0.1) is 0 Å². The molecule has 19 heavy (non-hydrogen) atoms. The maximum absolute atomic E-state index is 11.5. The van der Waals surface area contributed by atoms with Gasteiger partial charge in [-0.05, 0) is 18.6 Å². The number of aromatic nitrogens is 2. The largest absolute Gasteiger partial charge is 0.380 e. The average molecular weight is 280 g/mol. The van der Waals surface area contributed by atoms with Crippen LogP contribution in [0.25, 0.3) is 11.0 Å². The third kappa shape index (κ3) is 2.43. The summed E-state index contributed by atoms with van der Waals surface area (Å²) in [6.07, 6.45) is 5.66. The Labute approximate surface area is 111 Å². The number of hydrogen-bond acceptors (Lipinski definition) is 4. The second-order valence-corrected chi connectivity index (χ2v) is 6.83. The van der Waals surface area contributed by atoms with Crippen LogP contribution in [0.15, 0.2) is 24.5 Å². The van der Waals surface area contributed by atoms with Gasteiger partial charge in [0.15, 0.2) is 0 Å². The smallest absolute Gasteiger partial charge is 0.211 e. The van der Waals surface area contributed by atoms with E-state index in [1.165, 1.54) is 10.6 Å². The minimum Gasteiger partial charge on any atom is -0.380 e. The Bertz CT molecular complexity index is 695. The molecule has 0 amide bonds. The molecule has 1 aliphatic rings. The summed E-state index contributed by atoms with van der Waals surface area (Å²) in [5.74, 6) is 0. The molecule has 1 atom stereocenters. The normalized spacial score (nSPS) is 21.0. The van der Waals surface area contributed by atoms with E-state index < -0.39 is 10.0 Å². The third-order valence-corrected chi connectivity index (χ3v) is 4.71. The molecule has 0 radical (unpaired) electrons. The van der Waals surface area contributed by atoms with Gasteiger partial charge < -0.3 is 10.3 Å². The molecule has 0 saturated carbocycles. The van der Waals surface area contributed by atoms with Crippen LogP contribution >= 0.6 is 0 Å². The number of pyridine rings is 1. The van der Waals surface area contributed by atoms with Gasteiger partial charge in [-0.2, -0.15) is 0 Å². The Balaban J connectivity index is 1.78. The molecule has 6 nitrogen and oxygen atoms in total. The van der Waals surface area contributed by atoms with Crippen LogP contribution in [0, 0.1) is 0 Å². The Morgan fingerprint density at radius 1 is 1.47 bits per heavy atom. The lowest BCUT2D eigenvalue weighted by Crippen LogP contribution is -2.30. The molecular formula is C12H16N4O2S. The molecule has 3 rings (SSSR count). The summed E-state index contributed by atoms with van der Waals surface area (Å²) < 4.78 is 24.5. The van der Waals surface area contributed by atoms with Gasteiger partial charge in [0.1, 0.15) is 5.65 Å². The fourth-order valence-corrected chi connectivity index (χ4v) is 3.34. The number of H-pyrrole nitrogens is 1. The molecule has 7 heteroatoms. The van der Waals surface area contributed by atoms with Crippen molar-refractivity contribution in [1.29, 1.82) is 0 Å². The van der Waals surface area contributed by atoms with Crippen molar-refractivity contribution in [1.82, 2.24) is 14.3 Å². The number of anilines is 1. The van der Waals surface area contributed by atoms with Crippen molar-refractivity contribution in [3.8, 4) is 0 Å². The van der Waals surface area contributed by atoms with Crippen LogP contribution in [0.2, 0.25) is 0 Å². The third-order valence-electron chi connectivity index (χ3n) is 3.44. The number of fused-ring (bicyclic) bond motifs is 1. The van der Waals surface area contributed by atoms with Crippen molar-refractivity contribution >= 4 is 26.7 Å². The fraction of sp³-hybridized carbons (Fsp3) is 0.417. The molecule has 0 spiro atoms. The molecule has 0 bridgehead atoms. The highest BCUT2D eigenvalue weighted by Crippen LogP contribution is 2.23. The number of nitrogens with zero attached hydrogens (tertiary/aromatic N) is 2. The van der Waals surface area contributed by atoms with Gasteiger partial charge in [-0.3, -0.25) is 0 Å². The molecule has 2 N–H and O–H groups in total. The number of aromatic amines is 1. The summed E-state index contributed by atoms with van der Waals surface area (Å²) in [6.45, 7) is 1.10. The number of rotatable bonds is 3. The van der Waals surface area contributed by atoms with E-state index in [1.54, 1.807) is 6.20 Å². The van der Waals surface area contributed by atoms with Crippen LogP contribution in [0.5, 0.6) is 0 Å². The minimum atomic E-state index is -3.08. The van der Waals surface area contributed by atoms with Crippen LogP contribution in [0.3, 0.4) is 0 Å². The van der Waals surface area contributed by atoms with Crippen molar-refractivity contribution in [2.75, 3.05) is 24.7 Å². The lowest BCUT2D eigenvalue weighted by molar-refractivity contribution is 0.480. The zero-order chi connectivity index (χ0) is 13.5. The Morgan fingerprint density at radius 3 is 3.05 bits per heavy atom. The van der Waals surface area contributed by atoms with Gasteiger partial charge in [-0.25, -0.2) is 17.7 Å². The molecular weight excluding hydrogens is 264 g/mol. The van der Waals surface area contributed by atoms with Gasteiger partial charge in [0, 0.05) is 42.6 Å². The van der Waals surface area contributed by atoms with Gasteiger partial charge >= 0.3 is 0 Å². The maximum Gasteiger partial charge on any atom is 0.211 e. The van der Waals surface area contributed by atoms with E-state index in [1.807, 2.05) is 18.3 Å². The highest BCUT2D eigenvalue weighted by molar-refractivity contribution is 7.88. The average Bonchev–Trinajstić information content (AvgIpc) is 2.96. The quantitative estimate of drug-likeness (QED) is 0.879. The Morgan fingerprint density at radius 2 is 2.32 bits per heavy atom. The van der Waals surface area contributed by atoms with Crippen LogP contribution in [0.1, 0.15) is 6.42 Å². The minimum absolute atomic E-state index is 0.148. The van der Waals surface area contributed by atoms with E-state index in [-0.39, 0.29) is 6.04 Å². The summed E-state index contributed by atoms with van der Waals surface area (Å²) in [5.41, 5.74) is 1.83. The first-order chi connectivity index (χ1) is 9.04. The maximum atomic E-state index is 11.5. The van der Waals surface area contributed by atoms with Crippen LogP contribution in [-0.2, 0) is 10.0 Å². The van der Waals surface area contributed by atoms with E-state index in [0.717, 1.165) is 23.1 Å². The molecule has 102 valence electrons. The van der Waals surface area contributed by atoms with E-state index in [9.17, 15) is 8.42 Å². The lowest BCUT2D eigenvalue weighted by atomic mass is 10.2. The summed E-state index contributed by atoms with van der Waals surface area (Å²) in [4.78, 5) is 7.29. The molecule has 0 aliphatic carbocycles. The van der Waals surface area contributed by atoms with E-state index in [2.05, 4.69) is 15.3 Å². The van der Waals surface area contributed by atoms with Crippen molar-refractivity contribution in [2.45, 2.75) is 12.5 Å². The SMILES string of the molecule is CS(=O)(=O)N1CC[C@H](Nc2ccnc3[nH]ccc23)C1. The highest BCUT2D eigenvalue weighted by Gasteiger charge is 2.28. The highest BCUT2D eigenvalue weighted by atomic mass is 32.2. The van der Waals surface area contributed by atoms with Crippen LogP contribution < -0.4 is 5.32 Å². The number of nitrogens with one attached hydrogen (secondary N) is 2. The molecule has 1 fully saturated rings. The molecule has 2 aromatic rings. The van der Waals surface area contributed by atoms with E-state index in [0.29, 0.717) is 13.1 Å². The summed E-state index contributed by atoms with van der Waals surface area (Å²) >= 11 is 0. The Hall–Kier alpha value is -1.60. The van der Waals surface area contributed by atoms with E-state index >= 15 is 0 Å². The van der Waals surface area contributed by atoms with Gasteiger partial charge in [0.05, 0.1) is 6.26 Å². The predicted octanol–water partition coefficient (Wildman–Crippen LogP) is 1.01. The van der Waals surface area contributed by atoms with E-state index in [4.69, 9.17) is 0 Å². The first-order valence-corrected chi connectivity index (χ1v) is 8.02. The number of sulfonamides is 1. The topological polar surface area (TPSA) is 78.1 Å². The lowest BCUT2D eigenvalue weighted by Gasteiger charge is -2.16. The van der Waals surface area contributed by atoms with Crippen molar-refractivity contribution in [3.05, 3.63) is 24.5 Å². The summed E-state index contributed by atoms with van der Waals surface area (Å²) in [7, 11) is -3.08. The fourth-order valence-electron chi connectivity index (χ4n) is 2.45. The first kappa shape index (κ1) is 12.4. The number of hydrogen-bond donors (Lipinski definition) is 2. The molecule has 1 aliphatic heterocycles. The predicted molar refractivity (Wildman–Crippen MR) is 74.5 cm³/mol. The van der Waals surface area contributed by atoms with Gasteiger partial charge in [0.25, 0.3) is 0 Å². The van der Waals surface area contributed by atoms with Crippen LogP contribution in [0.4, 0.5) is 5.69 Å².